The van der Waals surface area contributed by atoms with E-state index in [4.69, 9.17) is 9.47 Å². The summed E-state index contributed by atoms with van der Waals surface area (Å²) in [6.07, 6.45) is 3.34. The molecule has 0 fully saturated rings. The van der Waals surface area contributed by atoms with Crippen molar-refractivity contribution in [2.45, 2.75) is 46.0 Å². The van der Waals surface area contributed by atoms with E-state index in [0.717, 1.165) is 40.7 Å². The lowest BCUT2D eigenvalue weighted by Crippen LogP contribution is -2.10. The first-order valence-corrected chi connectivity index (χ1v) is 9.10. The molecule has 0 bridgehead atoms. The van der Waals surface area contributed by atoms with Gasteiger partial charge >= 0.3 is 5.97 Å². The van der Waals surface area contributed by atoms with Crippen molar-refractivity contribution in [3.8, 4) is 22.6 Å². The van der Waals surface area contributed by atoms with Crippen LogP contribution in [0.25, 0.3) is 11.1 Å². The van der Waals surface area contributed by atoms with Gasteiger partial charge in [0.15, 0.2) is 17.3 Å². The molecule has 0 amide bonds. The Morgan fingerprint density at radius 3 is 2.54 bits per heavy atom. The fraction of sp³-hybridized carbons (Fsp3) is 0.364. The summed E-state index contributed by atoms with van der Waals surface area (Å²) < 4.78 is 11.3. The number of esters is 1. The van der Waals surface area contributed by atoms with E-state index in [-0.39, 0.29) is 11.8 Å². The van der Waals surface area contributed by atoms with E-state index in [2.05, 4.69) is 0 Å². The highest BCUT2D eigenvalue weighted by atomic mass is 16.6. The highest BCUT2D eigenvalue weighted by Gasteiger charge is 2.25. The molecule has 0 saturated heterocycles. The van der Waals surface area contributed by atoms with Crippen LogP contribution < -0.4 is 9.47 Å². The second-order valence-corrected chi connectivity index (χ2v) is 6.62. The van der Waals surface area contributed by atoms with Crippen LogP contribution in [0.2, 0.25) is 0 Å². The first-order chi connectivity index (χ1) is 12.6. The van der Waals surface area contributed by atoms with Crippen LogP contribution in [0.5, 0.6) is 11.5 Å². The zero-order valence-electron chi connectivity index (χ0n) is 15.6. The van der Waals surface area contributed by atoms with Crippen LogP contribution in [-0.2, 0) is 11.2 Å². The van der Waals surface area contributed by atoms with Crippen molar-refractivity contribution in [1.29, 1.82) is 0 Å². The number of methoxy groups -OCH3 is 1. The Hall–Kier alpha value is -2.62. The highest BCUT2D eigenvalue weighted by molar-refractivity contribution is 6.02. The highest BCUT2D eigenvalue weighted by Crippen LogP contribution is 2.43. The fourth-order valence-corrected chi connectivity index (χ4v) is 3.46. The second-order valence-electron chi connectivity index (χ2n) is 6.62. The number of carbonyl (C=O) groups is 2. The van der Waals surface area contributed by atoms with Crippen molar-refractivity contribution in [2.75, 3.05) is 7.11 Å². The van der Waals surface area contributed by atoms with Gasteiger partial charge in [-0.3, -0.25) is 9.59 Å². The third-order valence-corrected chi connectivity index (χ3v) is 4.83. The predicted octanol–water partition coefficient (Wildman–Crippen LogP) is 4.90. The van der Waals surface area contributed by atoms with Crippen LogP contribution in [0.15, 0.2) is 30.3 Å². The van der Waals surface area contributed by atoms with Crippen LogP contribution in [-0.4, -0.2) is 18.9 Å². The molecular weight excluding hydrogens is 328 g/mol. The SMILES string of the molecule is CCCCC(=O)Oc1c(-c2cccc3c2CCC3=O)ccc(C)c1OC. The van der Waals surface area contributed by atoms with Crippen LogP contribution >= 0.6 is 0 Å². The number of aryl methyl sites for hydroxylation is 1. The molecule has 0 aliphatic heterocycles. The molecule has 0 aromatic heterocycles. The minimum Gasteiger partial charge on any atom is -0.493 e. The van der Waals surface area contributed by atoms with Gasteiger partial charge in [-0.05, 0) is 36.5 Å². The lowest BCUT2D eigenvalue weighted by Gasteiger charge is -2.18. The van der Waals surface area contributed by atoms with Gasteiger partial charge in [0.2, 0.25) is 0 Å². The minimum atomic E-state index is -0.263. The zero-order valence-corrected chi connectivity index (χ0v) is 15.6. The number of hydrogen-bond acceptors (Lipinski definition) is 4. The number of benzene rings is 2. The summed E-state index contributed by atoms with van der Waals surface area (Å²) in [5, 5.41) is 0. The van der Waals surface area contributed by atoms with Crippen LogP contribution in [0, 0.1) is 6.92 Å². The molecule has 2 aromatic carbocycles. The lowest BCUT2D eigenvalue weighted by atomic mass is 9.95. The molecule has 136 valence electrons. The number of carbonyl (C=O) groups excluding carboxylic acids is 2. The van der Waals surface area contributed by atoms with Gasteiger partial charge in [0.25, 0.3) is 0 Å². The largest absolute Gasteiger partial charge is 0.493 e. The number of ether oxygens (including phenoxy) is 2. The van der Waals surface area contributed by atoms with Gasteiger partial charge in [0.1, 0.15) is 0 Å². The molecule has 0 unspecified atom stereocenters. The smallest absolute Gasteiger partial charge is 0.311 e. The van der Waals surface area contributed by atoms with E-state index in [1.807, 2.05) is 44.2 Å². The average Bonchev–Trinajstić information content (AvgIpc) is 3.02. The van der Waals surface area contributed by atoms with Crippen LogP contribution in [0.3, 0.4) is 0 Å². The Labute approximate surface area is 154 Å². The van der Waals surface area contributed by atoms with Gasteiger partial charge < -0.3 is 9.47 Å². The number of hydrogen-bond donors (Lipinski definition) is 0. The van der Waals surface area contributed by atoms with Gasteiger partial charge in [-0.2, -0.15) is 0 Å². The number of fused-ring (bicyclic) bond motifs is 1. The molecule has 1 aliphatic rings. The Morgan fingerprint density at radius 1 is 1.04 bits per heavy atom. The quantitative estimate of drug-likeness (QED) is 0.548. The van der Waals surface area contributed by atoms with Crippen molar-refractivity contribution in [3.05, 3.63) is 47.0 Å². The second kappa shape index (κ2) is 7.73. The molecule has 1 aliphatic carbocycles. The third-order valence-electron chi connectivity index (χ3n) is 4.83. The molecule has 3 rings (SSSR count). The molecule has 0 saturated carbocycles. The van der Waals surface area contributed by atoms with E-state index in [9.17, 15) is 9.59 Å². The van der Waals surface area contributed by atoms with Crippen molar-refractivity contribution in [2.24, 2.45) is 0 Å². The summed E-state index contributed by atoms with van der Waals surface area (Å²) in [6, 6.07) is 9.62. The van der Waals surface area contributed by atoms with E-state index in [1.165, 1.54) is 0 Å². The molecule has 0 heterocycles. The number of unbranched alkanes of at least 4 members (excludes halogenated alkanes) is 1. The van der Waals surface area contributed by atoms with Gasteiger partial charge in [0, 0.05) is 24.0 Å². The maximum Gasteiger partial charge on any atom is 0.311 e. The molecule has 4 nitrogen and oxygen atoms in total. The van der Waals surface area contributed by atoms with Crippen molar-refractivity contribution >= 4 is 11.8 Å². The molecule has 4 heteroatoms. The van der Waals surface area contributed by atoms with Crippen LogP contribution in [0.4, 0.5) is 0 Å². The molecule has 0 N–H and O–H groups in total. The summed E-state index contributed by atoms with van der Waals surface area (Å²) in [5.41, 5.74) is 4.42. The maximum absolute atomic E-state index is 12.3. The summed E-state index contributed by atoms with van der Waals surface area (Å²) in [5.74, 6) is 0.915. The molecule has 2 aromatic rings. The summed E-state index contributed by atoms with van der Waals surface area (Å²) in [6.45, 7) is 3.96. The van der Waals surface area contributed by atoms with Gasteiger partial charge in [-0.25, -0.2) is 0 Å². The molecule has 0 atom stereocenters. The van der Waals surface area contributed by atoms with Crippen LogP contribution in [0.1, 0.15) is 54.1 Å². The molecular formula is C22H24O4. The standard InChI is InChI=1S/C22H24O4/c1-4-5-9-20(24)26-22-18(11-10-14(2)21(22)25-3)15-7-6-8-17-16(15)12-13-19(17)23/h6-8,10-11H,4-5,9,12-13H2,1-3H3. The minimum absolute atomic E-state index is 0.169. The lowest BCUT2D eigenvalue weighted by molar-refractivity contribution is -0.134. The average molecular weight is 352 g/mol. The van der Waals surface area contributed by atoms with E-state index >= 15 is 0 Å². The third kappa shape index (κ3) is 3.36. The molecule has 0 radical (unpaired) electrons. The Kier molecular flexibility index (Phi) is 5.40. The van der Waals surface area contributed by atoms with E-state index < -0.39 is 0 Å². The van der Waals surface area contributed by atoms with Gasteiger partial charge in [0.05, 0.1) is 7.11 Å². The first-order valence-electron chi connectivity index (χ1n) is 9.10. The first kappa shape index (κ1) is 18.2. The normalized spacial score (nSPS) is 12.8. The Balaban J connectivity index is 2.11. The van der Waals surface area contributed by atoms with E-state index in [0.29, 0.717) is 30.8 Å². The maximum atomic E-state index is 12.3. The number of rotatable bonds is 6. The Bertz CT molecular complexity index is 851. The summed E-state index contributed by atoms with van der Waals surface area (Å²) in [4.78, 5) is 24.4. The van der Waals surface area contributed by atoms with Crippen molar-refractivity contribution in [1.82, 2.24) is 0 Å². The summed E-state index contributed by atoms with van der Waals surface area (Å²) in [7, 11) is 1.58. The number of Topliss-reactive ketones (excluding diaryl/α,β-unsaturated/α-hetero) is 1. The van der Waals surface area contributed by atoms with Crippen molar-refractivity contribution in [3.63, 3.8) is 0 Å². The topological polar surface area (TPSA) is 52.6 Å². The zero-order chi connectivity index (χ0) is 18.7. The van der Waals surface area contributed by atoms with Gasteiger partial charge in [-0.15, -0.1) is 0 Å². The fourth-order valence-electron chi connectivity index (χ4n) is 3.46. The predicted molar refractivity (Wildman–Crippen MR) is 101 cm³/mol. The number of ketones is 1. The summed E-state index contributed by atoms with van der Waals surface area (Å²) >= 11 is 0. The van der Waals surface area contributed by atoms with Crippen molar-refractivity contribution < 1.29 is 19.1 Å². The molecule has 0 spiro atoms. The monoisotopic (exact) mass is 352 g/mol. The van der Waals surface area contributed by atoms with Gasteiger partial charge in [-0.1, -0.05) is 43.7 Å². The van der Waals surface area contributed by atoms with E-state index in [1.54, 1.807) is 7.11 Å². The Morgan fingerprint density at radius 2 is 1.81 bits per heavy atom. The molecule has 26 heavy (non-hydrogen) atoms.